The van der Waals surface area contributed by atoms with Crippen LogP contribution in [0.25, 0.3) is 0 Å². The molecule has 1 aliphatic heterocycles. The van der Waals surface area contributed by atoms with Gasteiger partial charge in [0.15, 0.2) is 0 Å². The van der Waals surface area contributed by atoms with Crippen LogP contribution in [0.1, 0.15) is 5.56 Å². The molecule has 17 heavy (non-hydrogen) atoms. The zero-order chi connectivity index (χ0) is 12.3. The van der Waals surface area contributed by atoms with Crippen LogP contribution in [-0.2, 0) is 10.5 Å². The highest BCUT2D eigenvalue weighted by Crippen LogP contribution is 2.29. The van der Waals surface area contributed by atoms with Gasteiger partial charge in [-0.2, -0.15) is 0 Å². The summed E-state index contributed by atoms with van der Waals surface area (Å²) in [6.45, 7) is 1.63. The lowest BCUT2D eigenvalue weighted by atomic mass is 10.2. The molecule has 92 valence electrons. The number of hydrogen-bond donors (Lipinski definition) is 1. The molecule has 0 aromatic heterocycles. The van der Waals surface area contributed by atoms with Gasteiger partial charge in [-0.25, -0.2) is 0 Å². The maximum Gasteiger partial charge on any atom is 0.292 e. The Morgan fingerprint density at radius 1 is 1.59 bits per heavy atom. The number of thioether (sulfide) groups is 1. The number of benzene rings is 1. The number of rotatable bonds is 5. The highest BCUT2D eigenvalue weighted by Gasteiger charge is 2.19. The number of nitro benzene ring substituents is 1. The van der Waals surface area contributed by atoms with Crippen molar-refractivity contribution in [3.63, 3.8) is 0 Å². The van der Waals surface area contributed by atoms with Crippen LogP contribution < -0.4 is 5.32 Å². The Kier molecular flexibility index (Phi) is 3.86. The standard InChI is InChI=1S/C11H14N2O3S/c1-12-10-4-8(2-3-11(10)13(14)15)7-17-9-5-16-6-9/h2-4,9,12H,5-7H2,1H3. The summed E-state index contributed by atoms with van der Waals surface area (Å²) < 4.78 is 5.10. The first-order chi connectivity index (χ1) is 8.20. The average Bonchev–Trinajstić information content (AvgIpc) is 2.26. The molecule has 1 heterocycles. The van der Waals surface area contributed by atoms with E-state index in [4.69, 9.17) is 4.74 Å². The largest absolute Gasteiger partial charge is 0.383 e. The molecule has 1 saturated heterocycles. The Hall–Kier alpha value is -1.27. The van der Waals surface area contributed by atoms with Crippen LogP contribution in [0.2, 0.25) is 0 Å². The summed E-state index contributed by atoms with van der Waals surface area (Å²) in [5.41, 5.74) is 1.78. The number of hydrogen-bond acceptors (Lipinski definition) is 5. The monoisotopic (exact) mass is 254 g/mol. The molecule has 1 aliphatic rings. The molecule has 0 unspecified atom stereocenters. The second-order valence-electron chi connectivity index (χ2n) is 3.83. The summed E-state index contributed by atoms with van der Waals surface area (Å²) >= 11 is 1.83. The third-order valence-corrected chi connectivity index (χ3v) is 3.86. The summed E-state index contributed by atoms with van der Waals surface area (Å²) in [5.74, 6) is 0.862. The van der Waals surface area contributed by atoms with Crippen LogP contribution in [0, 0.1) is 10.1 Å². The van der Waals surface area contributed by atoms with Gasteiger partial charge in [-0.15, -0.1) is 11.8 Å². The summed E-state index contributed by atoms with van der Waals surface area (Å²) in [6.07, 6.45) is 0. The highest BCUT2D eigenvalue weighted by molar-refractivity contribution is 7.99. The first kappa shape index (κ1) is 12.2. The van der Waals surface area contributed by atoms with E-state index in [1.165, 1.54) is 0 Å². The van der Waals surface area contributed by atoms with Crippen molar-refractivity contribution in [3.05, 3.63) is 33.9 Å². The Labute approximate surface area is 104 Å². The van der Waals surface area contributed by atoms with Gasteiger partial charge in [0.25, 0.3) is 5.69 Å². The molecule has 1 aromatic carbocycles. The van der Waals surface area contributed by atoms with Crippen molar-refractivity contribution in [2.75, 3.05) is 25.6 Å². The minimum atomic E-state index is -0.372. The fourth-order valence-corrected chi connectivity index (χ4v) is 2.55. The van der Waals surface area contributed by atoms with Crippen molar-refractivity contribution in [2.24, 2.45) is 0 Å². The van der Waals surface area contributed by atoms with E-state index in [1.54, 1.807) is 13.1 Å². The van der Waals surface area contributed by atoms with Crippen LogP contribution in [0.3, 0.4) is 0 Å². The molecule has 0 amide bonds. The van der Waals surface area contributed by atoms with Crippen LogP contribution >= 0.6 is 11.8 Å². The molecule has 1 aromatic rings. The van der Waals surface area contributed by atoms with Gasteiger partial charge in [-0.1, -0.05) is 6.07 Å². The predicted molar refractivity (Wildman–Crippen MR) is 68.5 cm³/mol. The Bertz CT molecular complexity index is 421. The maximum atomic E-state index is 10.8. The van der Waals surface area contributed by atoms with Crippen LogP contribution in [0.4, 0.5) is 11.4 Å². The number of nitrogens with zero attached hydrogens (tertiary/aromatic N) is 1. The first-order valence-electron chi connectivity index (χ1n) is 5.35. The van der Waals surface area contributed by atoms with Crippen LogP contribution in [0.5, 0.6) is 0 Å². The lowest BCUT2D eigenvalue weighted by Gasteiger charge is -2.25. The minimum Gasteiger partial charge on any atom is -0.383 e. The first-order valence-corrected chi connectivity index (χ1v) is 6.40. The van der Waals surface area contributed by atoms with Crippen molar-refractivity contribution in [1.29, 1.82) is 0 Å². The van der Waals surface area contributed by atoms with Crippen molar-refractivity contribution in [2.45, 2.75) is 11.0 Å². The van der Waals surface area contributed by atoms with E-state index in [0.717, 1.165) is 24.5 Å². The zero-order valence-corrected chi connectivity index (χ0v) is 10.3. The SMILES string of the molecule is CNc1cc(CSC2COC2)ccc1[N+](=O)[O-]. The molecule has 0 bridgehead atoms. The summed E-state index contributed by atoms with van der Waals surface area (Å²) in [4.78, 5) is 10.4. The molecule has 5 nitrogen and oxygen atoms in total. The number of anilines is 1. The number of nitro groups is 1. The zero-order valence-electron chi connectivity index (χ0n) is 9.51. The van der Waals surface area contributed by atoms with E-state index < -0.39 is 0 Å². The number of nitrogens with one attached hydrogen (secondary N) is 1. The van der Waals surface area contributed by atoms with E-state index in [1.807, 2.05) is 23.9 Å². The van der Waals surface area contributed by atoms with Gasteiger partial charge < -0.3 is 10.1 Å². The molecule has 0 aliphatic carbocycles. The van der Waals surface area contributed by atoms with E-state index in [9.17, 15) is 10.1 Å². The van der Waals surface area contributed by atoms with Crippen molar-refractivity contribution in [1.82, 2.24) is 0 Å². The normalized spacial score (nSPS) is 15.4. The molecular formula is C11H14N2O3S. The molecule has 0 atom stereocenters. The van der Waals surface area contributed by atoms with Gasteiger partial charge in [0.2, 0.25) is 0 Å². The third-order valence-electron chi connectivity index (χ3n) is 2.62. The van der Waals surface area contributed by atoms with Gasteiger partial charge in [0, 0.05) is 18.9 Å². The van der Waals surface area contributed by atoms with Gasteiger partial charge >= 0.3 is 0 Å². The summed E-state index contributed by atoms with van der Waals surface area (Å²) in [5, 5.41) is 14.2. The fraction of sp³-hybridized carbons (Fsp3) is 0.455. The Morgan fingerprint density at radius 3 is 2.88 bits per heavy atom. The maximum absolute atomic E-state index is 10.8. The quantitative estimate of drug-likeness (QED) is 0.645. The van der Waals surface area contributed by atoms with Crippen molar-refractivity contribution < 1.29 is 9.66 Å². The second-order valence-corrected chi connectivity index (χ2v) is 5.12. The Balaban J connectivity index is 2.04. The molecule has 0 spiro atoms. The van der Waals surface area contributed by atoms with E-state index in [2.05, 4.69) is 5.32 Å². The third kappa shape index (κ3) is 2.89. The second kappa shape index (κ2) is 5.37. The smallest absolute Gasteiger partial charge is 0.292 e. The molecule has 1 fully saturated rings. The van der Waals surface area contributed by atoms with Crippen molar-refractivity contribution in [3.8, 4) is 0 Å². The molecular weight excluding hydrogens is 240 g/mol. The molecule has 6 heteroatoms. The fourth-order valence-electron chi connectivity index (χ4n) is 1.56. The molecule has 2 rings (SSSR count). The number of ether oxygens (including phenoxy) is 1. The van der Waals surface area contributed by atoms with Crippen molar-refractivity contribution >= 4 is 23.1 Å². The topological polar surface area (TPSA) is 64.4 Å². The lowest BCUT2D eigenvalue weighted by Crippen LogP contribution is -2.30. The van der Waals surface area contributed by atoms with Crippen LogP contribution in [0.15, 0.2) is 18.2 Å². The van der Waals surface area contributed by atoms with Gasteiger partial charge in [0.1, 0.15) is 5.69 Å². The molecule has 1 N–H and O–H groups in total. The van der Waals surface area contributed by atoms with E-state index in [-0.39, 0.29) is 10.6 Å². The summed E-state index contributed by atoms with van der Waals surface area (Å²) in [7, 11) is 1.69. The Morgan fingerprint density at radius 2 is 2.35 bits per heavy atom. The molecule has 0 saturated carbocycles. The van der Waals surface area contributed by atoms with Gasteiger partial charge in [-0.3, -0.25) is 10.1 Å². The minimum absolute atomic E-state index is 0.119. The molecule has 0 radical (unpaired) electrons. The van der Waals surface area contributed by atoms with E-state index >= 15 is 0 Å². The highest BCUT2D eigenvalue weighted by atomic mass is 32.2. The van der Waals surface area contributed by atoms with Crippen LogP contribution in [-0.4, -0.2) is 30.4 Å². The van der Waals surface area contributed by atoms with Gasteiger partial charge in [-0.05, 0) is 11.6 Å². The average molecular weight is 254 g/mol. The van der Waals surface area contributed by atoms with E-state index in [0.29, 0.717) is 10.9 Å². The predicted octanol–water partition coefficient (Wildman–Crippen LogP) is 2.27. The van der Waals surface area contributed by atoms with Gasteiger partial charge in [0.05, 0.1) is 23.4 Å². The summed E-state index contributed by atoms with van der Waals surface area (Å²) in [6, 6.07) is 5.20. The lowest BCUT2D eigenvalue weighted by molar-refractivity contribution is -0.383.